The Hall–Kier alpha value is -1.97. The average Bonchev–Trinajstić information content (AvgIpc) is 3.08. The number of allylic oxidation sites excluding steroid dienone is 2. The number of ether oxygens (including phenoxy) is 4. The molecule has 0 amide bonds. The smallest absolute Gasteiger partial charge is 0.306 e. The molecule has 0 aliphatic carbocycles. The van der Waals surface area contributed by atoms with Crippen LogP contribution in [0, 0.1) is 0 Å². The van der Waals surface area contributed by atoms with Gasteiger partial charge in [0.2, 0.25) is 0 Å². The van der Waals surface area contributed by atoms with Gasteiger partial charge in [0, 0.05) is 12.8 Å². The van der Waals surface area contributed by atoms with E-state index in [1.54, 1.807) is 0 Å². The molecule has 0 N–H and O–H groups in total. The van der Waals surface area contributed by atoms with Crippen molar-refractivity contribution in [3.8, 4) is 0 Å². The van der Waals surface area contributed by atoms with Crippen molar-refractivity contribution in [2.75, 3.05) is 47.5 Å². The summed E-state index contributed by atoms with van der Waals surface area (Å²) in [5.74, 6) is -2.29. The Morgan fingerprint density at radius 2 is 1.00 bits per heavy atom. The highest BCUT2D eigenvalue weighted by Gasteiger charge is 2.21. The number of carboxylic acids is 1. The van der Waals surface area contributed by atoms with Crippen molar-refractivity contribution in [2.24, 2.45) is 0 Å². The van der Waals surface area contributed by atoms with Crippen LogP contribution in [0.5, 0.6) is 0 Å². The number of nitrogens with zero attached hydrogens (tertiary/aromatic N) is 1. The van der Waals surface area contributed by atoms with Crippen LogP contribution >= 0.6 is 0 Å². The molecule has 0 aromatic rings. The van der Waals surface area contributed by atoms with Crippen LogP contribution in [0.3, 0.4) is 0 Å². The zero-order valence-corrected chi connectivity index (χ0v) is 33.7. The second-order valence-corrected chi connectivity index (χ2v) is 15.3. The first-order chi connectivity index (χ1) is 24.6. The molecule has 300 valence electrons. The van der Waals surface area contributed by atoms with Gasteiger partial charge in [-0.1, -0.05) is 142 Å². The number of carbonyl (C=O) groups is 3. The molecule has 9 heteroatoms. The van der Waals surface area contributed by atoms with Crippen molar-refractivity contribution in [3.63, 3.8) is 0 Å². The molecule has 0 bridgehead atoms. The second kappa shape index (κ2) is 35.1. The molecule has 0 radical (unpaired) electrons. The highest BCUT2D eigenvalue weighted by atomic mass is 16.7. The Kier molecular flexibility index (Phi) is 33.7. The van der Waals surface area contributed by atoms with Crippen LogP contribution in [0.2, 0.25) is 0 Å². The maximum absolute atomic E-state index is 12.7. The van der Waals surface area contributed by atoms with Crippen LogP contribution in [0.25, 0.3) is 0 Å². The van der Waals surface area contributed by atoms with Gasteiger partial charge in [-0.05, 0) is 38.5 Å². The third kappa shape index (κ3) is 36.2. The van der Waals surface area contributed by atoms with Crippen molar-refractivity contribution in [3.05, 3.63) is 12.2 Å². The minimum Gasteiger partial charge on any atom is -0.545 e. The molecule has 9 nitrogen and oxygen atoms in total. The van der Waals surface area contributed by atoms with Gasteiger partial charge in [-0.15, -0.1) is 0 Å². The normalized spacial score (nSPS) is 13.0. The number of likely N-dealkylation sites (N-methyl/N-ethyl adjacent to an activating group) is 1. The molecule has 0 saturated heterocycles. The molecule has 0 saturated carbocycles. The summed E-state index contributed by atoms with van der Waals surface area (Å²) < 4.78 is 22.5. The van der Waals surface area contributed by atoms with E-state index in [1.807, 2.05) is 21.1 Å². The first kappa shape index (κ1) is 49.0. The number of quaternary nitrogens is 1. The van der Waals surface area contributed by atoms with Crippen LogP contribution in [0.4, 0.5) is 0 Å². The van der Waals surface area contributed by atoms with Crippen LogP contribution in [-0.4, -0.2) is 82.3 Å². The molecule has 0 spiro atoms. The van der Waals surface area contributed by atoms with E-state index < -0.39 is 24.3 Å². The van der Waals surface area contributed by atoms with E-state index in [9.17, 15) is 19.5 Å². The van der Waals surface area contributed by atoms with Crippen LogP contribution in [0.1, 0.15) is 181 Å². The highest BCUT2D eigenvalue weighted by molar-refractivity contribution is 5.70. The minimum atomic E-state index is -1.61. The molecule has 0 heterocycles. The molecule has 0 aliphatic rings. The SMILES string of the molecule is CCCCCCCC/C=C\CCCCCCCCCC(=O)OC(COC(=O)CCCCCCCCCCC)COC(OCC[N+](C)(C)C)C(=O)[O-]. The third-order valence-corrected chi connectivity index (χ3v) is 9.01. The first-order valence-corrected chi connectivity index (χ1v) is 20.8. The molecule has 51 heavy (non-hydrogen) atoms. The van der Waals surface area contributed by atoms with E-state index in [-0.39, 0.29) is 32.2 Å². The fraction of sp³-hybridized carbons (Fsp3) is 0.881. The van der Waals surface area contributed by atoms with Crippen LogP contribution in [-0.2, 0) is 33.3 Å². The number of aliphatic carboxylic acids is 1. The second-order valence-electron chi connectivity index (χ2n) is 15.3. The van der Waals surface area contributed by atoms with Gasteiger partial charge in [0.1, 0.15) is 13.2 Å². The van der Waals surface area contributed by atoms with E-state index >= 15 is 0 Å². The molecule has 2 atom stereocenters. The average molecular weight is 726 g/mol. The number of carboxylic acid groups (broad SMARTS) is 1. The number of hydrogen-bond donors (Lipinski definition) is 0. The van der Waals surface area contributed by atoms with Crippen molar-refractivity contribution >= 4 is 17.9 Å². The molecular formula is C42H79NO8. The van der Waals surface area contributed by atoms with Gasteiger partial charge >= 0.3 is 11.9 Å². The van der Waals surface area contributed by atoms with Crippen LogP contribution in [0.15, 0.2) is 12.2 Å². The van der Waals surface area contributed by atoms with Gasteiger partial charge in [0.25, 0.3) is 0 Å². The van der Waals surface area contributed by atoms with E-state index in [1.165, 1.54) is 103 Å². The molecular weight excluding hydrogens is 646 g/mol. The summed E-state index contributed by atoms with van der Waals surface area (Å²) in [6.07, 6.45) is 31.0. The van der Waals surface area contributed by atoms with Gasteiger partial charge < -0.3 is 33.3 Å². The molecule has 2 unspecified atom stereocenters. The molecule has 0 rings (SSSR count). The maximum atomic E-state index is 12.7. The molecule has 0 fully saturated rings. The zero-order chi connectivity index (χ0) is 37.8. The maximum Gasteiger partial charge on any atom is 0.306 e. The Morgan fingerprint density at radius 3 is 1.45 bits per heavy atom. The lowest BCUT2D eigenvalue weighted by atomic mass is 10.1. The number of unbranched alkanes of at least 4 members (excludes halogenated alkanes) is 21. The summed E-state index contributed by atoms with van der Waals surface area (Å²) >= 11 is 0. The summed E-state index contributed by atoms with van der Waals surface area (Å²) in [5, 5.41) is 11.6. The fourth-order valence-electron chi connectivity index (χ4n) is 5.71. The van der Waals surface area contributed by atoms with Crippen molar-refractivity contribution in [2.45, 2.75) is 193 Å². The lowest BCUT2D eigenvalue weighted by Gasteiger charge is -2.26. The number of rotatable bonds is 38. The van der Waals surface area contributed by atoms with Gasteiger partial charge in [0.15, 0.2) is 12.4 Å². The summed E-state index contributed by atoms with van der Waals surface area (Å²) in [4.78, 5) is 36.8. The van der Waals surface area contributed by atoms with Crippen molar-refractivity contribution in [1.29, 1.82) is 0 Å². The summed E-state index contributed by atoms with van der Waals surface area (Å²) in [7, 11) is 5.90. The third-order valence-electron chi connectivity index (χ3n) is 9.01. The zero-order valence-electron chi connectivity index (χ0n) is 33.7. The van der Waals surface area contributed by atoms with Crippen molar-refractivity contribution < 1.29 is 42.9 Å². The molecule has 0 aromatic carbocycles. The van der Waals surface area contributed by atoms with Crippen molar-refractivity contribution in [1.82, 2.24) is 0 Å². The van der Waals surface area contributed by atoms with E-state index in [0.717, 1.165) is 44.9 Å². The van der Waals surface area contributed by atoms with Crippen LogP contribution < -0.4 is 5.11 Å². The number of esters is 2. The Balaban J connectivity index is 4.43. The minimum absolute atomic E-state index is 0.149. The van der Waals surface area contributed by atoms with E-state index in [4.69, 9.17) is 18.9 Å². The first-order valence-electron chi connectivity index (χ1n) is 20.8. The summed E-state index contributed by atoms with van der Waals surface area (Å²) in [6.45, 7) is 4.71. The topological polar surface area (TPSA) is 111 Å². The fourth-order valence-corrected chi connectivity index (χ4v) is 5.71. The lowest BCUT2D eigenvalue weighted by Crippen LogP contribution is -2.44. The Bertz CT molecular complexity index is 856. The van der Waals surface area contributed by atoms with E-state index in [2.05, 4.69) is 26.0 Å². The summed E-state index contributed by atoms with van der Waals surface area (Å²) in [5.41, 5.74) is 0. The summed E-state index contributed by atoms with van der Waals surface area (Å²) in [6, 6.07) is 0. The quantitative estimate of drug-likeness (QED) is 0.0204. The molecule has 0 aliphatic heterocycles. The van der Waals surface area contributed by atoms with Gasteiger partial charge in [-0.25, -0.2) is 0 Å². The van der Waals surface area contributed by atoms with Gasteiger partial charge in [-0.3, -0.25) is 9.59 Å². The van der Waals surface area contributed by atoms with Gasteiger partial charge in [0.05, 0.1) is 40.3 Å². The largest absolute Gasteiger partial charge is 0.545 e. The predicted octanol–water partition coefficient (Wildman–Crippen LogP) is 9.00. The number of hydrogen-bond acceptors (Lipinski definition) is 8. The lowest BCUT2D eigenvalue weighted by molar-refractivity contribution is -0.870. The number of carbonyl (C=O) groups excluding carboxylic acids is 3. The predicted molar refractivity (Wildman–Crippen MR) is 205 cm³/mol. The van der Waals surface area contributed by atoms with E-state index in [0.29, 0.717) is 23.9 Å². The Labute approximate surface area is 313 Å². The Morgan fingerprint density at radius 1 is 0.569 bits per heavy atom. The molecule has 0 aromatic heterocycles. The monoisotopic (exact) mass is 726 g/mol. The highest BCUT2D eigenvalue weighted by Crippen LogP contribution is 2.14. The van der Waals surface area contributed by atoms with Gasteiger partial charge in [-0.2, -0.15) is 0 Å². The standard InChI is InChI=1S/C42H79NO8/c1-6-8-10-12-14-16-17-18-19-20-21-22-23-25-27-29-31-33-40(45)51-38(37-50-42(41(46)47)48-35-34-43(3,4)5)36-49-39(44)32-30-28-26-24-15-13-11-9-7-2/h18-19,38,42H,6-17,20-37H2,1-5H3/b19-18-.